The van der Waals surface area contributed by atoms with Crippen LogP contribution in [0.15, 0.2) is 0 Å². The minimum absolute atomic E-state index is 0.0108. The number of rotatable bonds is 9. The predicted octanol–water partition coefficient (Wildman–Crippen LogP) is 3.62. The molecule has 0 aromatic heterocycles. The number of ether oxygens (including phenoxy) is 1. The van der Waals surface area contributed by atoms with Gasteiger partial charge in [-0.05, 0) is 57.3 Å². The van der Waals surface area contributed by atoms with Crippen molar-refractivity contribution in [3.05, 3.63) is 0 Å². The Morgan fingerprint density at radius 1 is 1.26 bits per heavy atom. The molecule has 3 unspecified atom stereocenters. The van der Waals surface area contributed by atoms with E-state index in [9.17, 15) is 19.5 Å². The molecular weight excluding hydrogens is 464 g/mol. The van der Waals surface area contributed by atoms with Gasteiger partial charge in [-0.15, -0.1) is 11.8 Å². The molecule has 2 bridgehead atoms. The van der Waals surface area contributed by atoms with Gasteiger partial charge in [0.1, 0.15) is 6.04 Å². The van der Waals surface area contributed by atoms with E-state index in [0.717, 1.165) is 12.8 Å². The Hall–Kier alpha value is -1.28. The van der Waals surface area contributed by atoms with Crippen LogP contribution < -0.4 is 5.32 Å². The van der Waals surface area contributed by atoms with Crippen molar-refractivity contribution in [2.75, 3.05) is 13.2 Å². The van der Waals surface area contributed by atoms with Crippen molar-refractivity contribution in [2.45, 2.75) is 109 Å². The molecule has 7 nitrogen and oxygen atoms in total. The topological polar surface area (TPSA) is 95.9 Å². The van der Waals surface area contributed by atoms with Crippen molar-refractivity contribution >= 4 is 29.5 Å². The number of likely N-dealkylation sites (tertiary alicyclic amines) is 1. The summed E-state index contributed by atoms with van der Waals surface area (Å²) in [5.74, 6) is -1.54. The number of hydrogen-bond donors (Lipinski definition) is 2. The minimum atomic E-state index is -0.737. The van der Waals surface area contributed by atoms with Gasteiger partial charge in [-0.2, -0.15) is 0 Å². The van der Waals surface area contributed by atoms with Gasteiger partial charge in [0, 0.05) is 10.8 Å². The maximum atomic E-state index is 14.2. The second-order valence-electron chi connectivity index (χ2n) is 13.1. The molecule has 0 aromatic carbocycles. The third kappa shape index (κ3) is 5.11. The number of carbonyl (C=O) groups is 3. The van der Waals surface area contributed by atoms with Crippen molar-refractivity contribution < 1.29 is 24.2 Å². The lowest BCUT2D eigenvalue weighted by Gasteiger charge is -2.42. The summed E-state index contributed by atoms with van der Waals surface area (Å²) in [6, 6.07) is -1.21. The molecule has 3 heterocycles. The molecule has 7 atom stereocenters. The first kappa shape index (κ1) is 28.3. The fourth-order valence-electron chi connectivity index (χ4n) is 7.25. The average Bonchev–Trinajstić information content (AvgIpc) is 3.27. The minimum Gasteiger partial charge on any atom is -0.466 e. The van der Waals surface area contributed by atoms with Crippen LogP contribution in [-0.4, -0.2) is 68.6 Å². The largest absolute Gasteiger partial charge is 0.466 e. The first-order valence-electron chi connectivity index (χ1n) is 13.2. The molecule has 2 amide bonds. The molecule has 2 N–H and O–H groups in total. The van der Waals surface area contributed by atoms with Crippen LogP contribution in [0.25, 0.3) is 0 Å². The summed E-state index contributed by atoms with van der Waals surface area (Å²) in [4.78, 5) is 43.0. The van der Waals surface area contributed by atoms with Crippen LogP contribution in [0.1, 0.15) is 81.6 Å². The van der Waals surface area contributed by atoms with E-state index >= 15 is 0 Å². The Balaban J connectivity index is 2.07. The Labute approximate surface area is 215 Å². The molecule has 0 aliphatic carbocycles. The summed E-state index contributed by atoms with van der Waals surface area (Å²) in [6.45, 7) is 18.5. The average molecular weight is 511 g/mol. The van der Waals surface area contributed by atoms with Gasteiger partial charge in [-0.3, -0.25) is 14.4 Å². The van der Waals surface area contributed by atoms with Gasteiger partial charge in [0.05, 0.1) is 35.8 Å². The number of carbonyl (C=O) groups excluding carboxylic acids is 3. The first-order valence-corrected chi connectivity index (χ1v) is 14.1. The molecule has 3 rings (SSSR count). The molecule has 0 radical (unpaired) electrons. The van der Waals surface area contributed by atoms with Gasteiger partial charge in [0.15, 0.2) is 0 Å². The van der Waals surface area contributed by atoms with Gasteiger partial charge in [0.2, 0.25) is 11.8 Å². The van der Waals surface area contributed by atoms with E-state index in [-0.39, 0.29) is 53.5 Å². The lowest BCUT2D eigenvalue weighted by Crippen LogP contribution is -2.61. The highest BCUT2D eigenvalue weighted by Gasteiger charge is 2.77. The van der Waals surface area contributed by atoms with Crippen molar-refractivity contribution in [1.29, 1.82) is 0 Å². The quantitative estimate of drug-likeness (QED) is 0.460. The maximum absolute atomic E-state index is 14.2. The van der Waals surface area contributed by atoms with Gasteiger partial charge >= 0.3 is 5.97 Å². The molecular formula is C27H46N2O5S. The van der Waals surface area contributed by atoms with Crippen LogP contribution in [0.2, 0.25) is 0 Å². The first-order chi connectivity index (χ1) is 16.1. The molecule has 1 spiro atoms. The Morgan fingerprint density at radius 2 is 1.89 bits per heavy atom. The number of aliphatic hydroxyl groups is 1. The molecule has 200 valence electrons. The monoisotopic (exact) mass is 510 g/mol. The summed E-state index contributed by atoms with van der Waals surface area (Å²) in [6.07, 6.45) is 2.14. The molecule has 3 aliphatic rings. The van der Waals surface area contributed by atoms with E-state index in [1.807, 2.05) is 27.7 Å². The number of aliphatic hydroxyl groups excluding tert-OH is 1. The van der Waals surface area contributed by atoms with E-state index in [1.165, 1.54) is 0 Å². The number of amides is 2. The zero-order valence-corrected chi connectivity index (χ0v) is 23.8. The Morgan fingerprint density at radius 3 is 2.40 bits per heavy atom. The van der Waals surface area contributed by atoms with Crippen molar-refractivity contribution in [3.63, 3.8) is 0 Å². The normalized spacial score (nSPS) is 33.3. The molecule has 3 saturated heterocycles. The van der Waals surface area contributed by atoms with Crippen molar-refractivity contribution in [2.24, 2.45) is 29.1 Å². The number of fused-ring (bicyclic) bond motifs is 1. The fourth-order valence-corrected chi connectivity index (χ4v) is 9.65. The highest BCUT2D eigenvalue weighted by atomic mass is 32.2. The van der Waals surface area contributed by atoms with Gasteiger partial charge in [0.25, 0.3) is 0 Å². The van der Waals surface area contributed by atoms with Crippen molar-refractivity contribution in [3.8, 4) is 0 Å². The van der Waals surface area contributed by atoms with Crippen LogP contribution in [0.5, 0.6) is 0 Å². The highest BCUT2D eigenvalue weighted by Crippen LogP contribution is 2.69. The zero-order valence-electron chi connectivity index (χ0n) is 23.0. The van der Waals surface area contributed by atoms with E-state index in [1.54, 1.807) is 23.6 Å². The van der Waals surface area contributed by atoms with Crippen molar-refractivity contribution in [1.82, 2.24) is 10.2 Å². The van der Waals surface area contributed by atoms with Crippen LogP contribution in [0.3, 0.4) is 0 Å². The van der Waals surface area contributed by atoms with Gasteiger partial charge in [-0.25, -0.2) is 0 Å². The molecule has 3 aliphatic heterocycles. The van der Waals surface area contributed by atoms with E-state index in [4.69, 9.17) is 4.74 Å². The number of nitrogens with one attached hydrogen (secondary N) is 1. The molecule has 3 fully saturated rings. The van der Waals surface area contributed by atoms with Crippen LogP contribution in [0.4, 0.5) is 0 Å². The second kappa shape index (κ2) is 9.88. The Kier molecular flexibility index (Phi) is 7.99. The van der Waals surface area contributed by atoms with E-state index in [0.29, 0.717) is 6.42 Å². The zero-order chi connectivity index (χ0) is 26.5. The number of hydrogen-bond acceptors (Lipinski definition) is 6. The summed E-state index contributed by atoms with van der Waals surface area (Å²) in [5, 5.41) is 13.6. The van der Waals surface area contributed by atoms with Gasteiger partial charge in [-0.1, -0.05) is 41.5 Å². The number of nitrogens with zero attached hydrogens (tertiary/aromatic N) is 1. The molecule has 35 heavy (non-hydrogen) atoms. The Bertz CT molecular complexity index is 838. The lowest BCUT2D eigenvalue weighted by molar-refractivity contribution is -0.154. The summed E-state index contributed by atoms with van der Waals surface area (Å²) < 4.78 is 4.71. The molecule has 0 saturated carbocycles. The summed E-state index contributed by atoms with van der Waals surface area (Å²) >= 11 is 1.64. The van der Waals surface area contributed by atoms with E-state index < -0.39 is 34.2 Å². The van der Waals surface area contributed by atoms with E-state index in [2.05, 4.69) is 33.0 Å². The lowest BCUT2D eigenvalue weighted by atomic mass is 9.66. The molecule has 8 heteroatoms. The van der Waals surface area contributed by atoms with Crippen LogP contribution in [-0.2, 0) is 19.1 Å². The smallest absolute Gasteiger partial charge is 0.310 e. The van der Waals surface area contributed by atoms with Gasteiger partial charge < -0.3 is 20.1 Å². The summed E-state index contributed by atoms with van der Waals surface area (Å²) in [5.41, 5.74) is -0.465. The SMILES string of the molecule is CCOC(=O)[C@@H]1[C@H]2C(=O)N([C@@H](CO)CC(C)C)C(C(=O)NC(C)(C)CC(C)(C)C)C23S[C@@H]1CC3C. The summed E-state index contributed by atoms with van der Waals surface area (Å²) in [7, 11) is 0. The third-order valence-corrected chi connectivity index (χ3v) is 9.85. The molecule has 0 aromatic rings. The fraction of sp³-hybridized carbons (Fsp3) is 0.889. The number of esters is 1. The standard InChI is InChI=1S/C27H46N2O5S/c1-10-34-24(33)19-18-12-16(4)27(35-18)20(19)23(32)29(17(13-30)11-15(2)3)21(27)22(31)28-26(8,9)14-25(5,6)7/h15-21,30H,10-14H2,1-9H3,(H,28,31)/t16?,17-,18-,19+,20+,21?,27?/m1/s1. The third-order valence-electron chi connectivity index (χ3n) is 7.77. The number of thioether (sulfide) groups is 1. The highest BCUT2D eigenvalue weighted by molar-refractivity contribution is 8.02. The van der Waals surface area contributed by atoms with Crippen LogP contribution >= 0.6 is 11.8 Å². The predicted molar refractivity (Wildman–Crippen MR) is 139 cm³/mol. The maximum Gasteiger partial charge on any atom is 0.310 e. The second-order valence-corrected chi connectivity index (χ2v) is 14.7. The van der Waals surface area contributed by atoms with Crippen LogP contribution in [0, 0.1) is 29.1 Å².